The fourth-order valence-electron chi connectivity index (χ4n) is 2.76. The van der Waals surface area contributed by atoms with E-state index in [1.165, 1.54) is 4.31 Å². The Bertz CT molecular complexity index is 667. The molecule has 25 heavy (non-hydrogen) atoms. The third-order valence-electron chi connectivity index (χ3n) is 4.27. The normalized spacial score (nSPS) is 17.2. The van der Waals surface area contributed by atoms with Crippen LogP contribution in [0.3, 0.4) is 0 Å². The van der Waals surface area contributed by atoms with Gasteiger partial charge < -0.3 is 10.6 Å². The monoisotopic (exact) mass is 389 g/mol. The summed E-state index contributed by atoms with van der Waals surface area (Å²) in [5.74, 6) is 0.351. The molecule has 1 aromatic carbocycles. The van der Waals surface area contributed by atoms with Crippen LogP contribution in [0.4, 0.5) is 0 Å². The van der Waals surface area contributed by atoms with E-state index in [9.17, 15) is 13.2 Å². The van der Waals surface area contributed by atoms with Crippen molar-refractivity contribution in [3.63, 3.8) is 0 Å². The Kier molecular flexibility index (Phi) is 7.87. The Labute approximate surface area is 156 Å². The molecule has 1 aliphatic rings. The van der Waals surface area contributed by atoms with E-state index in [2.05, 4.69) is 13.8 Å². The minimum atomic E-state index is -3.51. The standard InChI is InChI=1S/C17H27N3O3S.ClH/c1-13(2)15-4-6-16(7-5-15)24(22,23)20-10-8-19(9-11-20)17(21)12-14(3)18;/h4-7,13-14H,8-12,18H2,1-3H3;1H. The molecular formula is C17H28ClN3O3S. The lowest BCUT2D eigenvalue weighted by atomic mass is 10.0. The lowest BCUT2D eigenvalue weighted by Crippen LogP contribution is -2.51. The predicted molar refractivity (Wildman–Crippen MR) is 101 cm³/mol. The van der Waals surface area contributed by atoms with Gasteiger partial charge in [0.05, 0.1) is 4.90 Å². The lowest BCUT2D eigenvalue weighted by molar-refractivity contribution is -0.132. The molecule has 1 aliphatic heterocycles. The van der Waals surface area contributed by atoms with Crippen molar-refractivity contribution in [3.8, 4) is 0 Å². The fourth-order valence-corrected chi connectivity index (χ4v) is 4.18. The number of amides is 1. The van der Waals surface area contributed by atoms with Crippen molar-refractivity contribution in [1.29, 1.82) is 0 Å². The minimum absolute atomic E-state index is 0. The molecule has 6 nitrogen and oxygen atoms in total. The first kappa shape index (κ1) is 21.9. The van der Waals surface area contributed by atoms with Crippen LogP contribution in [0.15, 0.2) is 29.2 Å². The van der Waals surface area contributed by atoms with Gasteiger partial charge in [0.15, 0.2) is 0 Å². The summed E-state index contributed by atoms with van der Waals surface area (Å²) in [5.41, 5.74) is 6.76. The molecule has 1 atom stereocenters. The van der Waals surface area contributed by atoms with E-state index < -0.39 is 10.0 Å². The zero-order chi connectivity index (χ0) is 17.9. The van der Waals surface area contributed by atoms with E-state index in [0.29, 0.717) is 43.4 Å². The third kappa shape index (κ3) is 5.41. The van der Waals surface area contributed by atoms with Crippen LogP contribution in [0.5, 0.6) is 0 Å². The largest absolute Gasteiger partial charge is 0.340 e. The molecule has 8 heteroatoms. The maximum absolute atomic E-state index is 12.7. The molecule has 2 rings (SSSR count). The summed E-state index contributed by atoms with van der Waals surface area (Å²) in [4.78, 5) is 14.0. The number of halogens is 1. The average molecular weight is 390 g/mol. The number of nitrogens with two attached hydrogens (primary N) is 1. The summed E-state index contributed by atoms with van der Waals surface area (Å²) < 4.78 is 26.9. The van der Waals surface area contributed by atoms with Gasteiger partial charge in [-0.15, -0.1) is 12.4 Å². The molecule has 142 valence electrons. The van der Waals surface area contributed by atoms with Crippen LogP contribution in [0, 0.1) is 0 Å². The Balaban J connectivity index is 0.00000312. The second kappa shape index (κ2) is 8.98. The second-order valence-corrected chi connectivity index (χ2v) is 8.63. The molecule has 1 amide bonds. The summed E-state index contributed by atoms with van der Waals surface area (Å²) in [6.45, 7) is 7.39. The molecule has 1 saturated heterocycles. The predicted octanol–water partition coefficient (Wildman–Crippen LogP) is 1.80. The number of carbonyl (C=O) groups excluding carboxylic acids is 1. The Morgan fingerprint density at radius 3 is 2.04 bits per heavy atom. The van der Waals surface area contributed by atoms with Crippen molar-refractivity contribution < 1.29 is 13.2 Å². The van der Waals surface area contributed by atoms with Gasteiger partial charge in [-0.1, -0.05) is 26.0 Å². The van der Waals surface area contributed by atoms with Gasteiger partial charge in [-0.2, -0.15) is 4.31 Å². The lowest BCUT2D eigenvalue weighted by Gasteiger charge is -2.34. The summed E-state index contributed by atoms with van der Waals surface area (Å²) in [6, 6.07) is 6.87. The van der Waals surface area contributed by atoms with E-state index in [1.807, 2.05) is 12.1 Å². The number of carbonyl (C=O) groups is 1. The maximum Gasteiger partial charge on any atom is 0.243 e. The van der Waals surface area contributed by atoms with Crippen LogP contribution < -0.4 is 5.73 Å². The van der Waals surface area contributed by atoms with E-state index in [1.54, 1.807) is 24.0 Å². The van der Waals surface area contributed by atoms with Crippen LogP contribution in [0.1, 0.15) is 38.7 Å². The van der Waals surface area contributed by atoms with Crippen LogP contribution in [0.25, 0.3) is 0 Å². The van der Waals surface area contributed by atoms with Crippen molar-refractivity contribution in [1.82, 2.24) is 9.21 Å². The van der Waals surface area contributed by atoms with Crippen LogP contribution in [-0.4, -0.2) is 55.8 Å². The van der Waals surface area contributed by atoms with Gasteiger partial charge >= 0.3 is 0 Å². The minimum Gasteiger partial charge on any atom is -0.340 e. The van der Waals surface area contributed by atoms with Crippen molar-refractivity contribution in [2.45, 2.75) is 44.0 Å². The molecule has 1 aromatic rings. The van der Waals surface area contributed by atoms with Crippen molar-refractivity contribution in [2.75, 3.05) is 26.2 Å². The quantitative estimate of drug-likeness (QED) is 0.832. The third-order valence-corrected chi connectivity index (χ3v) is 6.19. The fraction of sp³-hybridized carbons (Fsp3) is 0.588. The molecule has 0 spiro atoms. The van der Waals surface area contributed by atoms with E-state index >= 15 is 0 Å². The smallest absolute Gasteiger partial charge is 0.243 e. The molecule has 1 heterocycles. The molecule has 0 bridgehead atoms. The first-order chi connectivity index (χ1) is 11.2. The van der Waals surface area contributed by atoms with Gasteiger partial charge in [0.2, 0.25) is 15.9 Å². The van der Waals surface area contributed by atoms with Gasteiger partial charge in [0.25, 0.3) is 0 Å². The van der Waals surface area contributed by atoms with E-state index in [0.717, 1.165) is 5.56 Å². The number of piperazine rings is 1. The number of hydrogen-bond acceptors (Lipinski definition) is 4. The molecule has 0 radical (unpaired) electrons. The first-order valence-corrected chi connectivity index (χ1v) is 9.79. The van der Waals surface area contributed by atoms with Crippen molar-refractivity contribution >= 4 is 28.3 Å². The van der Waals surface area contributed by atoms with E-state index in [-0.39, 0.29) is 24.4 Å². The Hall–Kier alpha value is -1.15. The van der Waals surface area contributed by atoms with Crippen LogP contribution in [-0.2, 0) is 14.8 Å². The zero-order valence-electron chi connectivity index (χ0n) is 15.0. The zero-order valence-corrected chi connectivity index (χ0v) is 16.6. The van der Waals surface area contributed by atoms with Crippen molar-refractivity contribution in [3.05, 3.63) is 29.8 Å². The molecule has 1 unspecified atom stereocenters. The molecule has 1 fully saturated rings. The summed E-state index contributed by atoms with van der Waals surface area (Å²) in [5, 5.41) is 0. The van der Waals surface area contributed by atoms with Gasteiger partial charge in [-0.05, 0) is 30.5 Å². The van der Waals surface area contributed by atoms with Gasteiger partial charge in [0, 0.05) is 38.6 Å². The second-order valence-electron chi connectivity index (χ2n) is 6.69. The summed E-state index contributed by atoms with van der Waals surface area (Å²) in [6.07, 6.45) is 0.295. The molecule has 0 aromatic heterocycles. The molecule has 0 aliphatic carbocycles. The summed E-state index contributed by atoms with van der Waals surface area (Å²) in [7, 11) is -3.51. The van der Waals surface area contributed by atoms with Gasteiger partial charge in [-0.3, -0.25) is 4.79 Å². The molecular weight excluding hydrogens is 362 g/mol. The summed E-state index contributed by atoms with van der Waals surface area (Å²) >= 11 is 0. The van der Waals surface area contributed by atoms with Gasteiger partial charge in [0.1, 0.15) is 0 Å². The van der Waals surface area contributed by atoms with E-state index in [4.69, 9.17) is 5.73 Å². The molecule has 0 saturated carbocycles. The maximum atomic E-state index is 12.7. The highest BCUT2D eigenvalue weighted by Gasteiger charge is 2.30. The number of rotatable bonds is 5. The highest BCUT2D eigenvalue weighted by atomic mass is 35.5. The highest BCUT2D eigenvalue weighted by Crippen LogP contribution is 2.21. The van der Waals surface area contributed by atoms with Gasteiger partial charge in [-0.25, -0.2) is 8.42 Å². The Morgan fingerprint density at radius 1 is 1.08 bits per heavy atom. The average Bonchev–Trinajstić information content (AvgIpc) is 2.54. The SMILES string of the molecule is CC(N)CC(=O)N1CCN(S(=O)(=O)c2ccc(C(C)C)cc2)CC1.Cl. The number of nitrogens with zero attached hydrogens (tertiary/aromatic N) is 2. The van der Waals surface area contributed by atoms with Crippen molar-refractivity contribution in [2.24, 2.45) is 5.73 Å². The number of benzene rings is 1. The Morgan fingerprint density at radius 2 is 1.60 bits per heavy atom. The number of sulfonamides is 1. The van der Waals surface area contributed by atoms with Crippen LogP contribution in [0.2, 0.25) is 0 Å². The number of hydrogen-bond donors (Lipinski definition) is 1. The first-order valence-electron chi connectivity index (χ1n) is 8.35. The molecule has 2 N–H and O–H groups in total. The highest BCUT2D eigenvalue weighted by molar-refractivity contribution is 7.89. The topological polar surface area (TPSA) is 83.7 Å². The van der Waals surface area contributed by atoms with Crippen LogP contribution >= 0.6 is 12.4 Å².